The molecule has 0 fully saturated rings. The summed E-state index contributed by atoms with van der Waals surface area (Å²) in [7, 11) is 0. The van der Waals surface area contributed by atoms with Crippen LogP contribution in [0.3, 0.4) is 0 Å². The number of benzene rings is 2. The Morgan fingerprint density at radius 3 is 1.32 bits per heavy atom. The van der Waals surface area contributed by atoms with Gasteiger partial charge in [-0.05, 0) is 11.4 Å². The van der Waals surface area contributed by atoms with Crippen LogP contribution in [0.4, 0.5) is 28.9 Å². The van der Waals surface area contributed by atoms with Gasteiger partial charge in [-0.25, -0.2) is 17.6 Å². The molecule has 2 aromatic rings. The third kappa shape index (κ3) is 8.46. The molecule has 0 saturated carbocycles. The number of anilines is 2. The minimum Gasteiger partial charge on any atom is -0.377 e. The van der Waals surface area contributed by atoms with Crippen LogP contribution in [-0.4, -0.2) is 11.8 Å². The van der Waals surface area contributed by atoms with Gasteiger partial charge in [0, 0.05) is 37.1 Å². The molecule has 0 spiro atoms. The van der Waals surface area contributed by atoms with Crippen molar-refractivity contribution in [3.8, 4) is 0 Å². The fourth-order valence-corrected chi connectivity index (χ4v) is 1.46. The number of carbonyl (C=O) groups is 2. The van der Waals surface area contributed by atoms with E-state index in [9.17, 15) is 27.2 Å². The summed E-state index contributed by atoms with van der Waals surface area (Å²) >= 11 is 0. The second-order valence-electron chi connectivity index (χ2n) is 4.43. The molecule has 9 heteroatoms. The van der Waals surface area contributed by atoms with Crippen LogP contribution in [0, 0.1) is 35.4 Å². The molecule has 0 aliphatic heterocycles. The van der Waals surface area contributed by atoms with E-state index in [1.165, 1.54) is 13.8 Å². The Labute approximate surface area is 156 Å². The first-order chi connectivity index (χ1) is 11.2. The number of nitrogens with one attached hydrogen (secondary N) is 2. The molecule has 2 amide bonds. The van der Waals surface area contributed by atoms with Crippen molar-refractivity contribution in [3.63, 3.8) is 0 Å². The van der Waals surface area contributed by atoms with Gasteiger partial charge in [-0.2, -0.15) is 0 Å². The number of hydrogen-bond donors (Lipinski definition) is 2. The van der Waals surface area contributed by atoms with Crippen molar-refractivity contribution in [1.82, 2.24) is 0 Å². The zero-order valence-corrected chi connectivity index (χ0v) is 14.7. The zero-order chi connectivity index (χ0) is 18.3. The fraction of sp³-hybridized carbons (Fsp3) is 0.125. The molecule has 130 valence electrons. The van der Waals surface area contributed by atoms with Crippen LogP contribution in [0.5, 0.6) is 0 Å². The van der Waals surface area contributed by atoms with Gasteiger partial charge in [-0.15, -0.1) is 36.4 Å². The molecule has 0 radical (unpaired) electrons. The van der Waals surface area contributed by atoms with Crippen molar-refractivity contribution in [3.05, 3.63) is 59.7 Å². The Morgan fingerprint density at radius 1 is 0.760 bits per heavy atom. The van der Waals surface area contributed by atoms with Crippen LogP contribution < -0.4 is 10.6 Å². The summed E-state index contributed by atoms with van der Waals surface area (Å²) in [6, 6.07) is 7.92. The van der Waals surface area contributed by atoms with E-state index >= 15 is 0 Å². The van der Waals surface area contributed by atoms with Crippen molar-refractivity contribution >= 4 is 23.2 Å². The molecule has 0 heterocycles. The second kappa shape index (κ2) is 10.6. The van der Waals surface area contributed by atoms with Gasteiger partial charge in [0.2, 0.25) is 11.8 Å². The predicted molar refractivity (Wildman–Crippen MR) is 79.0 cm³/mol. The molecule has 2 aromatic carbocycles. The first kappa shape index (κ1) is 22.8. The van der Waals surface area contributed by atoms with Gasteiger partial charge in [0.1, 0.15) is 0 Å². The topological polar surface area (TPSA) is 58.2 Å². The van der Waals surface area contributed by atoms with E-state index in [2.05, 4.69) is 10.6 Å². The maximum absolute atomic E-state index is 12.7. The summed E-state index contributed by atoms with van der Waals surface area (Å²) in [5.74, 6) is -4.19. The number of hydrogen-bond acceptors (Lipinski definition) is 2. The van der Waals surface area contributed by atoms with Crippen LogP contribution in [-0.2, 0) is 31.3 Å². The molecule has 0 atom stereocenters. The second-order valence-corrected chi connectivity index (χ2v) is 4.43. The van der Waals surface area contributed by atoms with Crippen LogP contribution in [0.25, 0.3) is 0 Å². The maximum Gasteiger partial charge on any atom is 2.00 e. The minimum absolute atomic E-state index is 0. The van der Waals surface area contributed by atoms with Crippen molar-refractivity contribution in [2.24, 2.45) is 0 Å². The van der Waals surface area contributed by atoms with Gasteiger partial charge < -0.3 is 10.6 Å². The Morgan fingerprint density at radius 2 is 1.08 bits per heavy atom. The molecule has 4 nitrogen and oxygen atoms in total. The third-order valence-electron chi connectivity index (χ3n) is 2.35. The standard InChI is InChI=1S/2C8H6F2NO.Ti/c2*1-5(12)11-8-3-2-6(9)4-7(8)10;/h2*2-3H,1H3,(H,11,12);/q2*-1;+2. The largest absolute Gasteiger partial charge is 2.00 e. The summed E-state index contributed by atoms with van der Waals surface area (Å²) in [4.78, 5) is 20.9. The van der Waals surface area contributed by atoms with Gasteiger partial charge in [-0.1, -0.05) is 0 Å². The normalized spacial score (nSPS) is 9.20. The average molecular weight is 388 g/mol. The van der Waals surface area contributed by atoms with Crippen LogP contribution in [0.2, 0.25) is 0 Å². The molecule has 0 bridgehead atoms. The molecular weight excluding hydrogens is 376 g/mol. The Hall–Kier alpha value is -2.19. The zero-order valence-electron chi connectivity index (χ0n) is 13.1. The maximum atomic E-state index is 12.7. The van der Waals surface area contributed by atoms with Gasteiger partial charge in [0.05, 0.1) is 0 Å². The molecule has 2 N–H and O–H groups in total. The number of halogens is 4. The van der Waals surface area contributed by atoms with Crippen molar-refractivity contribution in [2.75, 3.05) is 10.6 Å². The summed E-state index contributed by atoms with van der Waals surface area (Å²) in [5.41, 5.74) is -0.132. The quantitative estimate of drug-likeness (QED) is 0.471. The molecule has 0 unspecified atom stereocenters. The Balaban J connectivity index is 0.000000443. The molecule has 0 aliphatic carbocycles. The fourth-order valence-electron chi connectivity index (χ4n) is 1.46. The van der Waals surface area contributed by atoms with E-state index in [1.807, 2.05) is 0 Å². The Bertz CT molecular complexity index is 693. The van der Waals surface area contributed by atoms with Crippen molar-refractivity contribution in [1.29, 1.82) is 0 Å². The van der Waals surface area contributed by atoms with Gasteiger partial charge >= 0.3 is 21.7 Å². The predicted octanol–water partition coefficient (Wildman–Crippen LogP) is 3.44. The first-order valence-corrected chi connectivity index (χ1v) is 6.49. The monoisotopic (exact) mass is 388 g/mol. The third-order valence-corrected chi connectivity index (χ3v) is 2.35. The summed E-state index contributed by atoms with van der Waals surface area (Å²) in [5, 5.41) is 4.38. The molecule has 2 rings (SSSR count). The van der Waals surface area contributed by atoms with Crippen LogP contribution in [0.1, 0.15) is 13.8 Å². The summed E-state index contributed by atoms with van der Waals surface area (Å²) in [6.07, 6.45) is 0. The average Bonchev–Trinajstić information content (AvgIpc) is 2.45. The van der Waals surface area contributed by atoms with Crippen molar-refractivity contribution in [2.45, 2.75) is 13.8 Å². The van der Waals surface area contributed by atoms with Gasteiger partial charge in [-0.3, -0.25) is 9.59 Å². The number of rotatable bonds is 2. The van der Waals surface area contributed by atoms with E-state index < -0.39 is 35.1 Å². The van der Waals surface area contributed by atoms with E-state index in [-0.39, 0.29) is 33.1 Å². The SMILES string of the molecule is CC(=O)Nc1ccc(F)[c-]c1F.CC(=O)Nc1ccc(F)[c-]c1F.[Ti+2]. The Kier molecular flexibility index (Phi) is 9.70. The number of carbonyl (C=O) groups excluding carboxylic acids is 2. The molecule has 0 aliphatic rings. The molecule has 0 aromatic heterocycles. The molecular formula is C16H12F4N2O2Ti. The van der Waals surface area contributed by atoms with Gasteiger partial charge in [0.25, 0.3) is 0 Å². The van der Waals surface area contributed by atoms with E-state index in [4.69, 9.17) is 0 Å². The van der Waals surface area contributed by atoms with Crippen molar-refractivity contribution < 1.29 is 48.9 Å². The van der Waals surface area contributed by atoms with Gasteiger partial charge in [0.15, 0.2) is 0 Å². The molecule has 25 heavy (non-hydrogen) atoms. The molecule has 0 saturated heterocycles. The van der Waals surface area contributed by atoms with Crippen LogP contribution >= 0.6 is 0 Å². The van der Waals surface area contributed by atoms with E-state index in [1.54, 1.807) is 12.1 Å². The van der Waals surface area contributed by atoms with E-state index in [0.29, 0.717) is 0 Å². The smallest absolute Gasteiger partial charge is 0.377 e. The summed E-state index contributed by atoms with van der Waals surface area (Å²) in [6.45, 7) is 2.48. The minimum atomic E-state index is -0.898. The summed E-state index contributed by atoms with van der Waals surface area (Å²) < 4.78 is 50.0. The van der Waals surface area contributed by atoms with E-state index in [0.717, 1.165) is 24.3 Å². The number of amides is 2. The van der Waals surface area contributed by atoms with Crippen LogP contribution in [0.15, 0.2) is 24.3 Å². The first-order valence-electron chi connectivity index (χ1n) is 6.49.